The molecule has 0 amide bonds. The smallest absolute Gasteiger partial charge is 0.170 e. The summed E-state index contributed by atoms with van der Waals surface area (Å²) in [7, 11) is 0. The maximum absolute atomic E-state index is 6.91. The Morgan fingerprint density at radius 2 is 1.07 bits per heavy atom. The summed E-state index contributed by atoms with van der Waals surface area (Å²) in [6, 6.07) is 64.4. The maximum Gasteiger partial charge on any atom is 0.170 e. The Morgan fingerprint density at radius 1 is 0.407 bits per heavy atom. The number of furan rings is 1. The van der Waals surface area contributed by atoms with E-state index in [4.69, 9.17) is 19.4 Å². The van der Waals surface area contributed by atoms with E-state index in [1.807, 2.05) is 12.1 Å². The largest absolute Gasteiger partial charge is 0.455 e. The summed E-state index contributed by atoms with van der Waals surface area (Å²) in [6.45, 7) is 0. The number of hydrogen-bond donors (Lipinski definition) is 0. The van der Waals surface area contributed by atoms with Crippen molar-refractivity contribution in [3.63, 3.8) is 0 Å². The molecule has 0 unspecified atom stereocenters. The van der Waals surface area contributed by atoms with Crippen LogP contribution in [-0.2, 0) is 0 Å². The van der Waals surface area contributed by atoms with E-state index in [1.165, 1.54) is 41.7 Å². The van der Waals surface area contributed by atoms with Crippen molar-refractivity contribution >= 4 is 96.8 Å². The number of fused-ring (bicyclic) bond motifs is 11. The third-order valence-electron chi connectivity index (χ3n) is 11.8. The standard InChI is InChI=1S/C53H30N4OS/c1-2-14-33-29-45-42(28-32(33)13-1)36-17-5-8-21-43(36)57(45)44-27-26-40-37-18-6-9-22-46(37)58-50(40)49(44)53-55-51(34-24-25-39-38-19-7-10-23-47(38)59-48(39)30-34)54-52(56-53)41-20-11-15-31-12-3-4-16-35(31)41/h1-30H. The number of benzene rings is 9. The second kappa shape index (κ2) is 12.4. The van der Waals surface area contributed by atoms with E-state index in [1.54, 1.807) is 11.3 Å². The highest BCUT2D eigenvalue weighted by Gasteiger charge is 2.25. The third-order valence-corrected chi connectivity index (χ3v) is 13.0. The van der Waals surface area contributed by atoms with E-state index in [9.17, 15) is 0 Å². The fourth-order valence-corrected chi connectivity index (χ4v) is 10.3. The van der Waals surface area contributed by atoms with Crippen LogP contribution in [0.2, 0.25) is 0 Å². The van der Waals surface area contributed by atoms with Crippen LogP contribution in [0, 0.1) is 0 Å². The first-order chi connectivity index (χ1) is 29.2. The monoisotopic (exact) mass is 770 g/mol. The fourth-order valence-electron chi connectivity index (χ4n) is 9.12. The van der Waals surface area contributed by atoms with E-state index in [0.717, 1.165) is 66.1 Å². The second-order valence-electron chi connectivity index (χ2n) is 15.1. The molecule has 0 saturated carbocycles. The summed E-state index contributed by atoms with van der Waals surface area (Å²) in [5.74, 6) is 1.75. The van der Waals surface area contributed by atoms with Gasteiger partial charge < -0.3 is 8.98 Å². The molecule has 6 heteroatoms. The van der Waals surface area contributed by atoms with Crippen molar-refractivity contribution in [2.75, 3.05) is 0 Å². The quantitative estimate of drug-likeness (QED) is 0.179. The molecule has 0 saturated heterocycles. The van der Waals surface area contributed by atoms with Gasteiger partial charge in [-0.05, 0) is 70.1 Å². The van der Waals surface area contributed by atoms with Crippen molar-refractivity contribution < 1.29 is 4.42 Å². The Morgan fingerprint density at radius 3 is 1.97 bits per heavy atom. The zero-order valence-electron chi connectivity index (χ0n) is 31.4. The lowest BCUT2D eigenvalue weighted by molar-refractivity contribution is 0.669. The van der Waals surface area contributed by atoms with Gasteiger partial charge in [0.1, 0.15) is 11.2 Å². The molecule has 59 heavy (non-hydrogen) atoms. The molecule has 0 N–H and O–H groups in total. The van der Waals surface area contributed by atoms with Gasteiger partial charge in [-0.25, -0.2) is 15.0 Å². The summed E-state index contributed by atoms with van der Waals surface area (Å²) in [4.78, 5) is 16.2. The average molecular weight is 771 g/mol. The molecule has 13 rings (SSSR count). The zero-order chi connectivity index (χ0) is 38.6. The molecule has 4 aromatic heterocycles. The molecule has 5 nitrogen and oxygen atoms in total. The van der Waals surface area contributed by atoms with E-state index < -0.39 is 0 Å². The van der Waals surface area contributed by atoms with Crippen LogP contribution in [0.15, 0.2) is 186 Å². The van der Waals surface area contributed by atoms with Gasteiger partial charge in [0.25, 0.3) is 0 Å². The Labute approximate surface area is 341 Å². The Balaban J connectivity index is 1.16. The van der Waals surface area contributed by atoms with Gasteiger partial charge >= 0.3 is 0 Å². The highest BCUT2D eigenvalue weighted by Crippen LogP contribution is 2.44. The molecular formula is C53H30N4OS. The minimum atomic E-state index is 0.542. The first-order valence-corrected chi connectivity index (χ1v) is 20.6. The van der Waals surface area contributed by atoms with E-state index in [-0.39, 0.29) is 0 Å². The lowest BCUT2D eigenvalue weighted by Gasteiger charge is -2.16. The van der Waals surface area contributed by atoms with Gasteiger partial charge in [0.15, 0.2) is 17.5 Å². The number of rotatable bonds is 4. The van der Waals surface area contributed by atoms with Crippen molar-refractivity contribution in [3.8, 4) is 39.9 Å². The van der Waals surface area contributed by atoms with Gasteiger partial charge in [-0.3, -0.25) is 0 Å². The first-order valence-electron chi connectivity index (χ1n) is 19.8. The number of hydrogen-bond acceptors (Lipinski definition) is 5. The number of para-hydroxylation sites is 2. The van der Waals surface area contributed by atoms with Crippen LogP contribution >= 0.6 is 11.3 Å². The minimum absolute atomic E-state index is 0.542. The number of aromatic nitrogens is 4. The van der Waals surface area contributed by atoms with E-state index in [2.05, 4.69) is 174 Å². The highest BCUT2D eigenvalue weighted by atomic mass is 32.1. The van der Waals surface area contributed by atoms with Gasteiger partial charge in [-0.2, -0.15) is 0 Å². The molecule has 0 spiro atoms. The van der Waals surface area contributed by atoms with Crippen LogP contribution < -0.4 is 0 Å². The van der Waals surface area contributed by atoms with E-state index in [0.29, 0.717) is 17.5 Å². The average Bonchev–Trinajstić information content (AvgIpc) is 3.96. The maximum atomic E-state index is 6.91. The number of thiophene rings is 1. The summed E-state index contributed by atoms with van der Waals surface area (Å²) < 4.78 is 11.7. The van der Waals surface area contributed by atoms with Crippen molar-refractivity contribution in [2.45, 2.75) is 0 Å². The molecule has 13 aromatic rings. The molecule has 4 heterocycles. The van der Waals surface area contributed by atoms with Crippen LogP contribution in [0.5, 0.6) is 0 Å². The molecule has 0 aliphatic heterocycles. The first kappa shape index (κ1) is 32.4. The van der Waals surface area contributed by atoms with Crippen LogP contribution in [0.4, 0.5) is 0 Å². The SMILES string of the molecule is c1ccc2cc3c(cc2c1)c1ccccc1n3-c1ccc2c(oc3ccccc32)c1-c1nc(-c2ccc3c(c2)sc2ccccc23)nc(-c2cccc3ccccc23)n1. The van der Waals surface area contributed by atoms with Crippen LogP contribution in [0.3, 0.4) is 0 Å². The molecule has 274 valence electrons. The zero-order valence-corrected chi connectivity index (χ0v) is 32.2. The summed E-state index contributed by atoms with van der Waals surface area (Å²) in [5, 5.41) is 11.5. The molecule has 0 aliphatic rings. The lowest BCUT2D eigenvalue weighted by atomic mass is 10.0. The molecule has 9 aromatic carbocycles. The van der Waals surface area contributed by atoms with Crippen molar-refractivity contribution in [3.05, 3.63) is 182 Å². The van der Waals surface area contributed by atoms with Crippen LogP contribution in [0.25, 0.3) is 125 Å². The molecular weight excluding hydrogens is 741 g/mol. The summed E-state index contributed by atoms with van der Waals surface area (Å²) in [5.41, 5.74) is 7.34. The van der Waals surface area contributed by atoms with Gasteiger partial charge in [-0.1, -0.05) is 133 Å². The van der Waals surface area contributed by atoms with Gasteiger partial charge in [0.2, 0.25) is 0 Å². The Kier molecular flexibility index (Phi) is 6.82. The predicted molar refractivity (Wildman–Crippen MR) is 246 cm³/mol. The van der Waals surface area contributed by atoms with Crippen molar-refractivity contribution in [2.24, 2.45) is 0 Å². The van der Waals surface area contributed by atoms with Crippen LogP contribution in [0.1, 0.15) is 0 Å². The van der Waals surface area contributed by atoms with Gasteiger partial charge in [0.05, 0.1) is 22.3 Å². The van der Waals surface area contributed by atoms with Crippen molar-refractivity contribution in [1.29, 1.82) is 0 Å². The topological polar surface area (TPSA) is 56.7 Å². The summed E-state index contributed by atoms with van der Waals surface area (Å²) in [6.07, 6.45) is 0. The van der Waals surface area contributed by atoms with Crippen LogP contribution in [-0.4, -0.2) is 19.5 Å². The highest BCUT2D eigenvalue weighted by molar-refractivity contribution is 7.25. The molecule has 0 bridgehead atoms. The predicted octanol–water partition coefficient (Wildman–Crippen LogP) is 14.5. The second-order valence-corrected chi connectivity index (χ2v) is 16.2. The molecule has 0 aliphatic carbocycles. The van der Waals surface area contributed by atoms with Crippen molar-refractivity contribution in [1.82, 2.24) is 19.5 Å². The third kappa shape index (κ3) is 4.87. The minimum Gasteiger partial charge on any atom is -0.455 e. The Bertz CT molecular complexity index is 3870. The fraction of sp³-hybridized carbons (Fsp3) is 0. The van der Waals surface area contributed by atoms with E-state index >= 15 is 0 Å². The number of nitrogens with zero attached hydrogens (tertiary/aromatic N) is 4. The summed E-state index contributed by atoms with van der Waals surface area (Å²) >= 11 is 1.79. The molecule has 0 atom stereocenters. The Hall–Kier alpha value is -7.67. The molecule has 0 radical (unpaired) electrons. The molecule has 0 fully saturated rings. The van der Waals surface area contributed by atoms with Gasteiger partial charge in [0, 0.05) is 52.8 Å². The lowest BCUT2D eigenvalue weighted by Crippen LogP contribution is -2.04. The van der Waals surface area contributed by atoms with Gasteiger partial charge in [-0.15, -0.1) is 11.3 Å². The normalized spacial score (nSPS) is 12.1.